The highest BCUT2D eigenvalue weighted by molar-refractivity contribution is 6.30. The van der Waals surface area contributed by atoms with Crippen molar-refractivity contribution in [2.45, 2.75) is 12.7 Å². The Hall–Kier alpha value is -3.91. The minimum absolute atomic E-state index is 0.0305. The molecular formula is C19H14F4N6O. The lowest BCUT2D eigenvalue weighted by Gasteiger charge is -2.11. The Bertz CT molecular complexity index is 1150. The van der Waals surface area contributed by atoms with Crippen LogP contribution >= 0.6 is 0 Å². The largest absolute Gasteiger partial charge is 0.404 e. The van der Waals surface area contributed by atoms with Crippen LogP contribution < -0.4 is 11.5 Å². The predicted octanol–water partition coefficient (Wildman–Crippen LogP) is 1.87. The molecule has 0 saturated carbocycles. The Kier molecular flexibility index (Phi) is 5.70. The average Bonchev–Trinajstić information content (AvgIpc) is 3.11. The molecule has 1 atom stereocenters. The molecule has 6 N–H and O–H groups in total. The molecule has 7 nitrogen and oxygen atoms in total. The van der Waals surface area contributed by atoms with Crippen LogP contribution in [0.2, 0.25) is 0 Å². The highest BCUT2D eigenvalue weighted by atomic mass is 19.3. The first-order valence-corrected chi connectivity index (χ1v) is 8.30. The lowest BCUT2D eigenvalue weighted by atomic mass is 9.97. The van der Waals surface area contributed by atoms with Crippen molar-refractivity contribution in [3.05, 3.63) is 77.4 Å². The third-order valence-electron chi connectivity index (χ3n) is 4.10. The second kappa shape index (κ2) is 8.22. The molecule has 0 fully saturated rings. The molecule has 1 unspecified atom stereocenters. The van der Waals surface area contributed by atoms with E-state index in [9.17, 15) is 22.7 Å². The minimum atomic E-state index is -3.13. The van der Waals surface area contributed by atoms with Crippen molar-refractivity contribution in [3.8, 4) is 0 Å². The molecule has 0 bridgehead atoms. The fourth-order valence-corrected chi connectivity index (χ4v) is 2.68. The number of alkyl halides is 2. The standard InChI is InChI=1S/C19H14F4N6O/c20-11-2-1-3-12(21)15(11)16(25)10(6-24)9-4-5-14-27-7-13(29(14)8-9)18(26)28-19(30)17(22)23/h2,4-8,17,19,25,30H,24H2,(H2,26,28)/b10-6-,25-16?. The first kappa shape index (κ1) is 20.8. The molecule has 0 spiro atoms. The van der Waals surface area contributed by atoms with Gasteiger partial charge in [-0.15, -0.1) is 0 Å². The minimum Gasteiger partial charge on any atom is -0.404 e. The van der Waals surface area contributed by atoms with E-state index >= 15 is 0 Å². The highest BCUT2D eigenvalue weighted by Gasteiger charge is 2.20. The zero-order valence-electron chi connectivity index (χ0n) is 15.1. The van der Waals surface area contributed by atoms with E-state index < -0.39 is 41.4 Å². The van der Waals surface area contributed by atoms with Crippen molar-refractivity contribution < 1.29 is 22.7 Å². The Labute approximate surface area is 167 Å². The van der Waals surface area contributed by atoms with Gasteiger partial charge in [-0.2, -0.15) is 4.39 Å². The molecule has 2 aromatic heterocycles. The summed E-state index contributed by atoms with van der Waals surface area (Å²) in [4.78, 5) is 7.37. The molecule has 0 amide bonds. The van der Waals surface area contributed by atoms with Crippen LogP contribution in [0.25, 0.3) is 11.2 Å². The van der Waals surface area contributed by atoms with Crippen molar-refractivity contribution in [1.82, 2.24) is 9.38 Å². The molecule has 0 aliphatic carbocycles. The van der Waals surface area contributed by atoms with Crippen LogP contribution in [-0.4, -0.2) is 38.7 Å². The number of imidazole rings is 1. The molecule has 30 heavy (non-hydrogen) atoms. The first-order chi connectivity index (χ1) is 14.2. The topological polar surface area (TPSA) is 126 Å². The summed E-state index contributed by atoms with van der Waals surface area (Å²) in [7, 11) is 0. The van der Waals surface area contributed by atoms with Crippen LogP contribution in [0.4, 0.5) is 17.6 Å². The third-order valence-corrected chi connectivity index (χ3v) is 4.10. The molecule has 1 aromatic carbocycles. The van der Waals surface area contributed by atoms with Gasteiger partial charge in [-0.3, -0.25) is 9.81 Å². The molecule has 154 valence electrons. The van der Waals surface area contributed by atoms with Gasteiger partial charge in [-0.1, -0.05) is 6.07 Å². The average molecular weight is 418 g/mol. The molecule has 0 aliphatic rings. The van der Waals surface area contributed by atoms with Crippen LogP contribution in [-0.2, 0) is 0 Å². The number of amidine groups is 1. The van der Waals surface area contributed by atoms with E-state index in [0.717, 1.165) is 12.3 Å². The monoisotopic (exact) mass is 418 g/mol. The molecule has 11 heteroatoms. The van der Waals surface area contributed by atoms with Gasteiger partial charge >= 0.3 is 0 Å². The zero-order valence-corrected chi connectivity index (χ0v) is 15.1. The number of pyridine rings is 1. The number of halogens is 4. The number of nitrogens with zero attached hydrogens (tertiary/aromatic N) is 3. The van der Waals surface area contributed by atoms with Gasteiger partial charge in [0.25, 0.3) is 6.43 Å². The SMILES string of the molecule is N=C(/C(=C\N)c1ccc2ncc(C(N)=NC(O)C(F)F)n2c1)c1c(F)c#ccc1F. The van der Waals surface area contributed by atoms with Crippen LogP contribution in [0.3, 0.4) is 0 Å². The van der Waals surface area contributed by atoms with Crippen LogP contribution in [0, 0.1) is 29.2 Å². The van der Waals surface area contributed by atoms with Gasteiger partial charge < -0.3 is 16.6 Å². The number of aliphatic imine (C=N–C) groups is 1. The predicted molar refractivity (Wildman–Crippen MR) is 101 cm³/mol. The van der Waals surface area contributed by atoms with E-state index in [1.807, 2.05) is 0 Å². The second-order valence-electron chi connectivity index (χ2n) is 5.96. The maximum atomic E-state index is 14.0. The van der Waals surface area contributed by atoms with Gasteiger partial charge in [-0.05, 0) is 18.2 Å². The molecule has 3 rings (SSSR count). The molecule has 0 aliphatic heterocycles. The quantitative estimate of drug-likeness (QED) is 0.277. The number of fused-ring (bicyclic) bond motifs is 1. The van der Waals surface area contributed by atoms with Crippen molar-refractivity contribution in [2.75, 3.05) is 0 Å². The normalized spacial score (nSPS) is 13.5. The zero-order chi connectivity index (χ0) is 22.0. The number of aliphatic hydroxyl groups is 1. The highest BCUT2D eigenvalue weighted by Crippen LogP contribution is 2.23. The fraction of sp³-hybridized carbons (Fsp3) is 0.105. The summed E-state index contributed by atoms with van der Waals surface area (Å²) in [6.07, 6.45) is -1.82. The number of nitrogens with one attached hydrogen (secondary N) is 1. The van der Waals surface area contributed by atoms with Crippen molar-refractivity contribution in [2.24, 2.45) is 16.5 Å². The van der Waals surface area contributed by atoms with E-state index in [1.54, 1.807) is 0 Å². The number of aromatic nitrogens is 2. The molecule has 2 heterocycles. The number of hydrogen-bond donors (Lipinski definition) is 4. The maximum absolute atomic E-state index is 14.0. The molecular weight excluding hydrogens is 404 g/mol. The van der Waals surface area contributed by atoms with Crippen LogP contribution in [0.1, 0.15) is 16.8 Å². The molecule has 3 aromatic rings. The first-order valence-electron chi connectivity index (χ1n) is 8.30. The Morgan fingerprint density at radius 2 is 2.07 bits per heavy atom. The van der Waals surface area contributed by atoms with Gasteiger partial charge in [0, 0.05) is 29.6 Å². The number of aliphatic hydroxyl groups excluding tert-OH is 1. The number of nitrogens with two attached hydrogens (primary N) is 2. The second-order valence-corrected chi connectivity index (χ2v) is 5.96. The third kappa shape index (κ3) is 3.81. The Balaban J connectivity index is 2.07. The van der Waals surface area contributed by atoms with Gasteiger partial charge in [0.05, 0.1) is 17.5 Å². The van der Waals surface area contributed by atoms with Gasteiger partial charge in [-0.25, -0.2) is 23.1 Å². The summed E-state index contributed by atoms with van der Waals surface area (Å²) in [5, 5.41) is 17.4. The van der Waals surface area contributed by atoms with Gasteiger partial charge in [0.1, 0.15) is 23.0 Å². The van der Waals surface area contributed by atoms with E-state index in [4.69, 9.17) is 16.9 Å². The maximum Gasteiger partial charge on any atom is 0.284 e. The summed E-state index contributed by atoms with van der Waals surface area (Å²) in [6.45, 7) is 0. The Morgan fingerprint density at radius 3 is 2.70 bits per heavy atom. The van der Waals surface area contributed by atoms with Crippen LogP contribution in [0.15, 0.2) is 41.8 Å². The summed E-state index contributed by atoms with van der Waals surface area (Å²) < 4.78 is 54.5. The summed E-state index contributed by atoms with van der Waals surface area (Å²) in [5.74, 6) is -2.54. The van der Waals surface area contributed by atoms with E-state index in [1.165, 1.54) is 28.9 Å². The summed E-state index contributed by atoms with van der Waals surface area (Å²) in [6, 6.07) is 8.03. The van der Waals surface area contributed by atoms with Crippen molar-refractivity contribution in [3.63, 3.8) is 0 Å². The molecule has 0 radical (unpaired) electrons. The van der Waals surface area contributed by atoms with Gasteiger partial charge in [0.15, 0.2) is 5.82 Å². The van der Waals surface area contributed by atoms with E-state index in [2.05, 4.69) is 22.1 Å². The number of rotatable bonds is 6. The lowest BCUT2D eigenvalue weighted by Crippen LogP contribution is -2.23. The Morgan fingerprint density at radius 1 is 1.33 bits per heavy atom. The van der Waals surface area contributed by atoms with E-state index in [0.29, 0.717) is 5.65 Å². The van der Waals surface area contributed by atoms with E-state index in [-0.39, 0.29) is 16.8 Å². The smallest absolute Gasteiger partial charge is 0.284 e. The summed E-state index contributed by atoms with van der Waals surface area (Å²) in [5.41, 5.74) is 10.8. The number of hydrogen-bond acceptors (Lipinski definition) is 5. The van der Waals surface area contributed by atoms with Crippen molar-refractivity contribution in [1.29, 1.82) is 5.41 Å². The van der Waals surface area contributed by atoms with Crippen molar-refractivity contribution >= 4 is 22.8 Å². The summed E-state index contributed by atoms with van der Waals surface area (Å²) >= 11 is 0. The lowest BCUT2D eigenvalue weighted by molar-refractivity contribution is 0.00143. The van der Waals surface area contributed by atoms with Gasteiger partial charge in [0.2, 0.25) is 6.23 Å². The fourth-order valence-electron chi connectivity index (χ4n) is 2.68. The molecule has 0 saturated heterocycles. The number of allylic oxidation sites excluding steroid dienone is 1. The van der Waals surface area contributed by atoms with Crippen LogP contribution in [0.5, 0.6) is 0 Å².